The molecule has 0 bridgehead atoms. The SMILES string of the molecule is CCNC(=O)c1cc2c(C(N=O)c3cc4c(cc3Cl)OCO4)nc(N)nc2s1. The highest BCUT2D eigenvalue weighted by Gasteiger charge is 2.28. The van der Waals surface area contributed by atoms with Gasteiger partial charge in [-0.25, -0.2) is 9.97 Å². The molecule has 3 N–H and O–H groups in total. The van der Waals surface area contributed by atoms with Gasteiger partial charge in [-0.3, -0.25) is 4.79 Å². The number of anilines is 1. The minimum Gasteiger partial charge on any atom is -0.454 e. The third-order valence-electron chi connectivity index (χ3n) is 4.15. The van der Waals surface area contributed by atoms with E-state index in [0.29, 0.717) is 38.7 Å². The normalized spacial score (nSPS) is 13.5. The number of ether oxygens (including phenoxy) is 2. The number of aromatic nitrogens is 2. The molecule has 1 aliphatic heterocycles. The van der Waals surface area contributed by atoms with Crippen molar-refractivity contribution in [3.63, 3.8) is 0 Å². The molecule has 0 saturated carbocycles. The summed E-state index contributed by atoms with van der Waals surface area (Å²) in [5, 5.41) is 6.74. The molecule has 0 spiro atoms. The summed E-state index contributed by atoms with van der Waals surface area (Å²) in [5.41, 5.74) is 6.49. The molecule has 0 saturated heterocycles. The number of carbonyl (C=O) groups is 1. The predicted octanol–water partition coefficient (Wildman–Crippen LogP) is 3.26. The number of nitrogens with zero attached hydrogens (tertiary/aromatic N) is 3. The quantitative estimate of drug-likeness (QED) is 0.607. The third-order valence-corrected chi connectivity index (χ3v) is 5.51. The Hall–Kier alpha value is -2.98. The van der Waals surface area contributed by atoms with Gasteiger partial charge < -0.3 is 20.5 Å². The van der Waals surface area contributed by atoms with Crippen molar-refractivity contribution in [2.75, 3.05) is 19.1 Å². The molecule has 2 aromatic heterocycles. The Kier molecular flexibility index (Phi) is 4.73. The molecule has 11 heteroatoms. The number of nitrogens with one attached hydrogen (secondary N) is 1. The zero-order chi connectivity index (χ0) is 19.8. The van der Waals surface area contributed by atoms with Crippen LogP contribution in [0.3, 0.4) is 0 Å². The number of amides is 1. The van der Waals surface area contributed by atoms with E-state index < -0.39 is 6.04 Å². The van der Waals surface area contributed by atoms with Crippen LogP contribution in [0.4, 0.5) is 5.95 Å². The van der Waals surface area contributed by atoms with Crippen molar-refractivity contribution in [3.05, 3.63) is 44.3 Å². The van der Waals surface area contributed by atoms with Crippen LogP contribution in [-0.2, 0) is 0 Å². The van der Waals surface area contributed by atoms with E-state index in [1.807, 2.05) is 6.92 Å². The van der Waals surface area contributed by atoms with Gasteiger partial charge in [-0.05, 0) is 19.1 Å². The molecular weight excluding hydrogens is 406 g/mol. The molecule has 28 heavy (non-hydrogen) atoms. The van der Waals surface area contributed by atoms with Crippen LogP contribution >= 0.6 is 22.9 Å². The Bertz CT molecular complexity index is 1100. The summed E-state index contributed by atoms with van der Waals surface area (Å²) in [6.45, 7) is 2.38. The van der Waals surface area contributed by atoms with Gasteiger partial charge in [0.05, 0.1) is 15.6 Å². The molecule has 1 unspecified atom stereocenters. The van der Waals surface area contributed by atoms with Crippen molar-refractivity contribution in [2.24, 2.45) is 5.18 Å². The molecule has 3 aromatic rings. The van der Waals surface area contributed by atoms with E-state index in [4.69, 9.17) is 26.8 Å². The van der Waals surface area contributed by atoms with E-state index in [1.165, 1.54) is 0 Å². The van der Waals surface area contributed by atoms with E-state index in [9.17, 15) is 9.70 Å². The van der Waals surface area contributed by atoms with Crippen LogP contribution < -0.4 is 20.5 Å². The number of carbonyl (C=O) groups excluding carboxylic acids is 1. The lowest BCUT2D eigenvalue weighted by atomic mass is 10.0. The first kappa shape index (κ1) is 18.4. The average molecular weight is 420 g/mol. The molecule has 1 aliphatic rings. The van der Waals surface area contributed by atoms with Crippen LogP contribution in [0.1, 0.15) is 33.9 Å². The lowest BCUT2D eigenvalue weighted by molar-refractivity contribution is 0.0960. The number of nitrogen functional groups attached to an aromatic ring is 1. The van der Waals surface area contributed by atoms with Gasteiger partial charge in [0.15, 0.2) is 17.5 Å². The lowest BCUT2D eigenvalue weighted by Crippen LogP contribution is -2.21. The van der Waals surface area contributed by atoms with Gasteiger partial charge in [-0.2, -0.15) is 0 Å². The van der Waals surface area contributed by atoms with Gasteiger partial charge in [0, 0.05) is 23.6 Å². The summed E-state index contributed by atoms with van der Waals surface area (Å²) in [6.07, 6.45) is 0. The molecule has 0 radical (unpaired) electrons. The third kappa shape index (κ3) is 3.10. The smallest absolute Gasteiger partial charge is 0.261 e. The summed E-state index contributed by atoms with van der Waals surface area (Å²) in [4.78, 5) is 33.3. The molecule has 144 valence electrons. The first-order valence-corrected chi connectivity index (χ1v) is 9.48. The van der Waals surface area contributed by atoms with Gasteiger partial charge in [0.25, 0.3) is 5.91 Å². The highest BCUT2D eigenvalue weighted by molar-refractivity contribution is 7.20. The zero-order valence-corrected chi connectivity index (χ0v) is 16.1. The van der Waals surface area contributed by atoms with Gasteiger partial charge in [-0.1, -0.05) is 16.8 Å². The Morgan fingerprint density at radius 1 is 1.36 bits per heavy atom. The summed E-state index contributed by atoms with van der Waals surface area (Å²) >= 11 is 7.51. The van der Waals surface area contributed by atoms with E-state index in [0.717, 1.165) is 11.3 Å². The number of thiophene rings is 1. The van der Waals surface area contributed by atoms with E-state index in [1.54, 1.807) is 18.2 Å². The number of rotatable bonds is 5. The van der Waals surface area contributed by atoms with Gasteiger partial charge >= 0.3 is 0 Å². The monoisotopic (exact) mass is 419 g/mol. The Balaban J connectivity index is 1.87. The maximum absolute atomic E-state index is 12.2. The molecule has 1 amide bonds. The molecule has 4 rings (SSSR count). The number of benzene rings is 1. The van der Waals surface area contributed by atoms with Gasteiger partial charge in [0.2, 0.25) is 12.7 Å². The number of fused-ring (bicyclic) bond motifs is 2. The van der Waals surface area contributed by atoms with Gasteiger partial charge in [0.1, 0.15) is 4.83 Å². The number of hydrogen-bond donors (Lipinski definition) is 2. The second kappa shape index (κ2) is 7.21. The highest BCUT2D eigenvalue weighted by atomic mass is 35.5. The molecule has 3 heterocycles. The predicted molar refractivity (Wildman–Crippen MR) is 105 cm³/mol. The fourth-order valence-corrected chi connectivity index (χ4v) is 4.14. The standard InChI is InChI=1S/C17H14ClN5O4S/c1-2-20-15(24)12-4-8-13(21-17(19)22-16(8)28-12)14(23-25)7-3-10-11(5-9(7)18)27-6-26-10/h3-5,14H,2,6H2,1H3,(H,20,24)(H2,19,21,22). The number of hydrogen-bond acceptors (Lipinski definition) is 9. The summed E-state index contributed by atoms with van der Waals surface area (Å²) in [7, 11) is 0. The minimum absolute atomic E-state index is 0.0303. The van der Waals surface area contributed by atoms with Crippen LogP contribution in [-0.4, -0.2) is 29.2 Å². The van der Waals surface area contributed by atoms with Crippen molar-refractivity contribution in [1.82, 2.24) is 15.3 Å². The first-order valence-electron chi connectivity index (χ1n) is 8.28. The van der Waals surface area contributed by atoms with Crippen LogP contribution in [0.5, 0.6) is 11.5 Å². The molecular formula is C17H14ClN5O4S. The van der Waals surface area contributed by atoms with E-state index >= 15 is 0 Å². The van der Waals surface area contributed by atoms with Gasteiger partial charge in [-0.15, -0.1) is 16.2 Å². The number of halogens is 1. The van der Waals surface area contributed by atoms with Crippen molar-refractivity contribution in [3.8, 4) is 11.5 Å². The van der Waals surface area contributed by atoms with Crippen molar-refractivity contribution in [2.45, 2.75) is 13.0 Å². The molecule has 0 aliphatic carbocycles. The summed E-state index contributed by atoms with van der Waals surface area (Å²) in [6, 6.07) is 3.72. The second-order valence-corrected chi connectivity index (χ2v) is 7.33. The van der Waals surface area contributed by atoms with Crippen LogP contribution in [0.25, 0.3) is 10.2 Å². The van der Waals surface area contributed by atoms with Crippen molar-refractivity contribution >= 4 is 45.0 Å². The van der Waals surface area contributed by atoms with Crippen LogP contribution in [0.2, 0.25) is 5.02 Å². The maximum atomic E-state index is 12.2. The molecule has 1 atom stereocenters. The van der Waals surface area contributed by atoms with E-state index in [-0.39, 0.29) is 29.4 Å². The van der Waals surface area contributed by atoms with E-state index in [2.05, 4.69) is 20.5 Å². The molecule has 9 nitrogen and oxygen atoms in total. The fourth-order valence-electron chi connectivity index (χ4n) is 2.93. The maximum Gasteiger partial charge on any atom is 0.261 e. The highest BCUT2D eigenvalue weighted by Crippen LogP contribution is 2.43. The largest absolute Gasteiger partial charge is 0.454 e. The van der Waals surface area contributed by atoms with Crippen molar-refractivity contribution in [1.29, 1.82) is 0 Å². The van der Waals surface area contributed by atoms with Crippen LogP contribution in [0.15, 0.2) is 23.4 Å². The minimum atomic E-state index is -1.06. The topological polar surface area (TPSA) is 129 Å². The first-order chi connectivity index (χ1) is 13.5. The molecule has 0 fully saturated rings. The second-order valence-electron chi connectivity index (χ2n) is 5.89. The molecule has 1 aromatic carbocycles. The zero-order valence-electron chi connectivity index (χ0n) is 14.6. The summed E-state index contributed by atoms with van der Waals surface area (Å²) in [5.74, 6) is 0.670. The van der Waals surface area contributed by atoms with Crippen LogP contribution in [0, 0.1) is 4.91 Å². The Morgan fingerprint density at radius 3 is 2.82 bits per heavy atom. The number of nitrogens with two attached hydrogens (primary N) is 1. The average Bonchev–Trinajstić information content (AvgIpc) is 3.28. The Labute approximate surface area is 167 Å². The number of nitroso groups, excluding NO2 is 1. The van der Waals surface area contributed by atoms with Crippen molar-refractivity contribution < 1.29 is 14.3 Å². The fraction of sp³-hybridized carbons (Fsp3) is 0.235. The summed E-state index contributed by atoms with van der Waals surface area (Å²) < 4.78 is 10.7. The lowest BCUT2D eigenvalue weighted by Gasteiger charge is -2.13. The Morgan fingerprint density at radius 2 is 2.11 bits per heavy atom.